The van der Waals surface area contributed by atoms with Crippen molar-refractivity contribution in [3.63, 3.8) is 0 Å². The summed E-state index contributed by atoms with van der Waals surface area (Å²) < 4.78 is 61.3. The first kappa shape index (κ1) is 43.7. The van der Waals surface area contributed by atoms with Gasteiger partial charge in [0.15, 0.2) is 18.7 Å². The number of hydrogen-bond acceptors (Lipinski definition) is 16. The first-order valence-corrected chi connectivity index (χ1v) is 20.1. The average molecular weight is 797 g/mol. The summed E-state index contributed by atoms with van der Waals surface area (Å²) in [6.45, 7) is 7.72. The number of esters is 1. The molecule has 3 heterocycles. The van der Waals surface area contributed by atoms with Crippen molar-refractivity contribution in [1.29, 1.82) is 0 Å². The van der Waals surface area contributed by atoms with E-state index < -0.39 is 112 Å². The van der Waals surface area contributed by atoms with Crippen LogP contribution in [0.4, 0.5) is 0 Å². The molecule has 3 aliphatic heterocycles. The smallest absolute Gasteiger partial charge is 0.337 e. The lowest BCUT2D eigenvalue weighted by molar-refractivity contribution is -0.487. The second kappa shape index (κ2) is 17.6. The molecule has 2 aromatic rings. The molecule has 0 unspecified atom stereocenters. The number of aliphatic hydroxyl groups is 5. The normalized spacial score (nSPS) is 36.2. The highest BCUT2D eigenvalue weighted by atomic mass is 28.4. The van der Waals surface area contributed by atoms with Gasteiger partial charge in [0.05, 0.1) is 26.9 Å². The van der Waals surface area contributed by atoms with Gasteiger partial charge in [-0.15, -0.1) is 0 Å². The van der Waals surface area contributed by atoms with Gasteiger partial charge < -0.3 is 72.6 Å². The van der Waals surface area contributed by atoms with Gasteiger partial charge in [0.1, 0.15) is 48.8 Å². The van der Waals surface area contributed by atoms with E-state index in [-0.39, 0.29) is 6.61 Å². The van der Waals surface area contributed by atoms with Crippen molar-refractivity contribution in [3.8, 4) is 0 Å². The van der Waals surface area contributed by atoms with E-state index in [1.165, 1.54) is 21.3 Å². The number of carbonyl (C=O) groups is 1. The molecular formula is C38H56O16Si. The van der Waals surface area contributed by atoms with Crippen LogP contribution in [0.2, 0.25) is 5.04 Å². The minimum Gasteiger partial charge on any atom is -0.467 e. The molecule has 0 radical (unpaired) electrons. The summed E-state index contributed by atoms with van der Waals surface area (Å²) in [7, 11) is 0.744. The summed E-state index contributed by atoms with van der Waals surface area (Å²) in [5.74, 6) is -3.97. The predicted octanol–water partition coefficient (Wildman–Crippen LogP) is -0.467. The highest BCUT2D eigenvalue weighted by Crippen LogP contribution is 2.45. The first-order chi connectivity index (χ1) is 26.0. The summed E-state index contributed by atoms with van der Waals surface area (Å²) in [5.41, 5.74) is 0. The van der Waals surface area contributed by atoms with Crippen molar-refractivity contribution in [2.45, 2.75) is 119 Å². The molecule has 16 nitrogen and oxygen atoms in total. The topological polar surface area (TPSA) is 211 Å². The first-order valence-electron chi connectivity index (χ1n) is 18.2. The Labute approximate surface area is 322 Å². The Morgan fingerprint density at radius 1 is 0.764 bits per heavy atom. The molecule has 17 heteroatoms. The third-order valence-electron chi connectivity index (χ3n) is 10.9. The van der Waals surface area contributed by atoms with Gasteiger partial charge in [-0.3, -0.25) is 0 Å². The van der Waals surface area contributed by atoms with Crippen LogP contribution in [-0.4, -0.2) is 160 Å². The maximum atomic E-state index is 13.6. The van der Waals surface area contributed by atoms with Crippen molar-refractivity contribution >= 4 is 24.7 Å². The quantitative estimate of drug-likeness (QED) is 0.121. The lowest BCUT2D eigenvalue weighted by Crippen LogP contribution is -2.74. The van der Waals surface area contributed by atoms with Gasteiger partial charge in [-0.1, -0.05) is 81.4 Å². The molecule has 3 fully saturated rings. The second-order valence-electron chi connectivity index (χ2n) is 15.1. The molecule has 5 N–H and O–H groups in total. The SMILES string of the molecule is COC(=O)[C@@H](CO[Si](c1ccccc1)(c1ccccc1)C(C)(C)C)O[C@H]1O[C@H](CO)[C@H]2O[C@](C)(OC)[C@@](C)(OC)O[C@@H]2[C@H]1O[C@H]1O[C@H](CO)[C@@H](O)[C@H](O)[C@@H]1O. The second-order valence-corrected chi connectivity index (χ2v) is 19.4. The van der Waals surface area contributed by atoms with Gasteiger partial charge in [-0.25, -0.2) is 4.79 Å². The molecule has 55 heavy (non-hydrogen) atoms. The third kappa shape index (κ3) is 8.30. The minimum atomic E-state index is -3.22. The van der Waals surface area contributed by atoms with Gasteiger partial charge >= 0.3 is 5.97 Å². The third-order valence-corrected chi connectivity index (χ3v) is 15.9. The molecule has 0 amide bonds. The van der Waals surface area contributed by atoms with Crippen LogP contribution in [0.15, 0.2) is 60.7 Å². The molecule has 5 rings (SSSR count). The number of carbonyl (C=O) groups excluding carboxylic acids is 1. The Morgan fingerprint density at radius 2 is 1.27 bits per heavy atom. The zero-order chi connectivity index (χ0) is 40.3. The lowest BCUT2D eigenvalue weighted by Gasteiger charge is -2.57. The highest BCUT2D eigenvalue weighted by Gasteiger charge is 2.64. The molecule has 308 valence electrons. The maximum Gasteiger partial charge on any atom is 0.337 e. The summed E-state index contributed by atoms with van der Waals surface area (Å²) in [4.78, 5) is 13.6. The Balaban J connectivity index is 1.56. The molecule has 0 bridgehead atoms. The number of methoxy groups -OCH3 is 3. The summed E-state index contributed by atoms with van der Waals surface area (Å²) in [5, 5.41) is 54.0. The number of fused-ring (bicyclic) bond motifs is 1. The zero-order valence-electron chi connectivity index (χ0n) is 32.5. The van der Waals surface area contributed by atoms with E-state index in [2.05, 4.69) is 20.8 Å². The van der Waals surface area contributed by atoms with E-state index in [1.807, 2.05) is 60.7 Å². The van der Waals surface area contributed by atoms with E-state index in [9.17, 15) is 30.3 Å². The molecule has 2 aromatic carbocycles. The van der Waals surface area contributed by atoms with E-state index >= 15 is 0 Å². The molecule has 3 saturated heterocycles. The standard InChI is InChI=1S/C38H56O16Si/c1-36(2,3)55(22-15-11-9-12-16-22,23-17-13-10-14-18-23)48-21-26(33(44)45-6)51-35-32(52-34-29(43)28(42)27(41)24(19-39)49-34)31-30(25(20-40)50-35)53-37(4,46-7)38(5,47-8)54-31/h9-18,24-32,34-35,39-43H,19-21H2,1-8H3/t24-,25-,26-,27-,28+,29+,30-,31+,32-,34-,35-,37+,38+/m1/s1. The van der Waals surface area contributed by atoms with E-state index in [1.54, 1.807) is 13.8 Å². The molecule has 0 spiro atoms. The molecule has 0 aliphatic carbocycles. The lowest BCUT2D eigenvalue weighted by atomic mass is 9.93. The fourth-order valence-corrected chi connectivity index (χ4v) is 12.1. The summed E-state index contributed by atoms with van der Waals surface area (Å²) in [6, 6.07) is 19.6. The molecule has 0 aromatic heterocycles. The van der Waals surface area contributed by atoms with Gasteiger partial charge in [0, 0.05) is 14.2 Å². The number of hydrogen-bond donors (Lipinski definition) is 5. The predicted molar refractivity (Wildman–Crippen MR) is 195 cm³/mol. The van der Waals surface area contributed by atoms with Crippen molar-refractivity contribution in [1.82, 2.24) is 0 Å². The number of aliphatic hydroxyl groups excluding tert-OH is 5. The Hall–Kier alpha value is -2.43. The van der Waals surface area contributed by atoms with Gasteiger partial charge in [0.2, 0.25) is 11.6 Å². The van der Waals surface area contributed by atoms with Crippen molar-refractivity contribution < 1.29 is 77.4 Å². The zero-order valence-corrected chi connectivity index (χ0v) is 33.5. The fraction of sp³-hybridized carbons (Fsp3) is 0.658. The van der Waals surface area contributed by atoms with Gasteiger partial charge in [0.25, 0.3) is 8.32 Å². The number of rotatable bonds is 14. The summed E-state index contributed by atoms with van der Waals surface area (Å²) in [6.07, 6.45) is -16.3. The van der Waals surface area contributed by atoms with E-state index in [0.29, 0.717) is 0 Å². The van der Waals surface area contributed by atoms with Crippen LogP contribution in [0.5, 0.6) is 0 Å². The Bertz CT molecular complexity index is 1490. The fourth-order valence-electron chi connectivity index (χ4n) is 7.51. The van der Waals surface area contributed by atoms with Crippen LogP contribution < -0.4 is 10.4 Å². The van der Waals surface area contributed by atoms with E-state index in [0.717, 1.165) is 10.4 Å². The van der Waals surface area contributed by atoms with Crippen molar-refractivity contribution in [2.75, 3.05) is 41.2 Å². The molecular weight excluding hydrogens is 740 g/mol. The number of ether oxygens (including phenoxy) is 9. The van der Waals surface area contributed by atoms with Crippen LogP contribution in [0.1, 0.15) is 34.6 Å². The van der Waals surface area contributed by atoms with Crippen LogP contribution >= 0.6 is 0 Å². The highest BCUT2D eigenvalue weighted by molar-refractivity contribution is 6.99. The van der Waals surface area contributed by atoms with Crippen molar-refractivity contribution in [2.24, 2.45) is 0 Å². The van der Waals surface area contributed by atoms with E-state index in [4.69, 9.17) is 47.1 Å². The van der Waals surface area contributed by atoms with Crippen LogP contribution in [0.3, 0.4) is 0 Å². The average Bonchev–Trinajstić information content (AvgIpc) is 3.18. The molecule has 3 aliphatic rings. The van der Waals surface area contributed by atoms with Crippen LogP contribution in [-0.2, 0) is 51.9 Å². The summed E-state index contributed by atoms with van der Waals surface area (Å²) >= 11 is 0. The number of benzene rings is 2. The van der Waals surface area contributed by atoms with Crippen molar-refractivity contribution in [3.05, 3.63) is 60.7 Å². The van der Waals surface area contributed by atoms with Gasteiger partial charge in [-0.05, 0) is 29.3 Å². The maximum absolute atomic E-state index is 13.6. The van der Waals surface area contributed by atoms with Gasteiger partial charge in [-0.2, -0.15) is 0 Å². The Kier molecular flexibility index (Phi) is 14.0. The molecule has 0 saturated carbocycles. The monoisotopic (exact) mass is 796 g/mol. The van der Waals surface area contributed by atoms with Crippen LogP contribution in [0, 0.1) is 0 Å². The minimum absolute atomic E-state index is 0.320. The molecule has 13 atom stereocenters. The Morgan fingerprint density at radius 3 is 1.75 bits per heavy atom. The van der Waals surface area contributed by atoms with Crippen LogP contribution in [0.25, 0.3) is 0 Å². The largest absolute Gasteiger partial charge is 0.467 e.